The zero-order valence-corrected chi connectivity index (χ0v) is 9.90. The van der Waals surface area contributed by atoms with Crippen molar-refractivity contribution in [3.8, 4) is 12.3 Å². The Bertz CT molecular complexity index is 418. The molecule has 2 amide bonds. The summed E-state index contributed by atoms with van der Waals surface area (Å²) in [6, 6.07) is 7.61. The summed E-state index contributed by atoms with van der Waals surface area (Å²) in [5.74, 6) is 2.50. The van der Waals surface area contributed by atoms with E-state index in [1.54, 1.807) is 19.0 Å². The first-order valence-corrected chi connectivity index (χ1v) is 5.05. The fraction of sp³-hybridized carbons (Fsp3) is 0.308. The van der Waals surface area contributed by atoms with Crippen molar-refractivity contribution in [1.82, 2.24) is 4.90 Å². The number of terminal acetylenes is 1. The molecule has 1 rings (SSSR count). The molecule has 3 heteroatoms. The Hall–Kier alpha value is -1.95. The minimum atomic E-state index is -0.108. The summed E-state index contributed by atoms with van der Waals surface area (Å²) in [4.78, 5) is 15.0. The lowest BCUT2D eigenvalue weighted by Gasteiger charge is -2.24. The Balaban J connectivity index is 3.03. The minimum absolute atomic E-state index is 0.108. The average molecular weight is 216 g/mol. The first kappa shape index (κ1) is 12.1. The lowest BCUT2D eigenvalue weighted by atomic mass is 10.2. The number of hydrogen-bond donors (Lipinski definition) is 0. The first-order chi connectivity index (χ1) is 7.56. The predicted molar refractivity (Wildman–Crippen MR) is 66.4 cm³/mol. The summed E-state index contributed by atoms with van der Waals surface area (Å²) in [5, 5.41) is 0. The highest BCUT2D eigenvalue weighted by molar-refractivity contribution is 5.92. The number of anilines is 1. The van der Waals surface area contributed by atoms with Gasteiger partial charge in [0, 0.05) is 19.8 Å². The van der Waals surface area contributed by atoms with E-state index < -0.39 is 0 Å². The quantitative estimate of drug-likeness (QED) is 0.695. The Morgan fingerprint density at radius 2 is 2.12 bits per heavy atom. The van der Waals surface area contributed by atoms with Crippen molar-refractivity contribution in [1.29, 1.82) is 0 Å². The van der Waals surface area contributed by atoms with Crippen LogP contribution >= 0.6 is 0 Å². The molecule has 0 aliphatic heterocycles. The van der Waals surface area contributed by atoms with Crippen LogP contribution in [0.25, 0.3) is 0 Å². The second-order valence-corrected chi connectivity index (χ2v) is 3.81. The molecule has 0 aromatic heterocycles. The van der Waals surface area contributed by atoms with E-state index in [1.807, 2.05) is 31.2 Å². The fourth-order valence-electron chi connectivity index (χ4n) is 1.40. The lowest BCUT2D eigenvalue weighted by Crippen LogP contribution is -2.39. The van der Waals surface area contributed by atoms with Gasteiger partial charge in [-0.15, -0.1) is 6.42 Å². The second-order valence-electron chi connectivity index (χ2n) is 3.81. The van der Waals surface area contributed by atoms with Crippen molar-refractivity contribution in [2.45, 2.75) is 6.92 Å². The van der Waals surface area contributed by atoms with Gasteiger partial charge in [0.05, 0.1) is 6.54 Å². The Kier molecular flexibility index (Phi) is 3.96. The maximum Gasteiger partial charge on any atom is 0.324 e. The molecule has 0 atom stereocenters. The molecule has 0 bridgehead atoms. The van der Waals surface area contributed by atoms with E-state index in [2.05, 4.69) is 5.92 Å². The monoisotopic (exact) mass is 216 g/mol. The van der Waals surface area contributed by atoms with Crippen LogP contribution in [0.2, 0.25) is 0 Å². The highest BCUT2D eigenvalue weighted by Crippen LogP contribution is 2.16. The van der Waals surface area contributed by atoms with Crippen molar-refractivity contribution in [2.24, 2.45) is 0 Å². The van der Waals surface area contributed by atoms with Crippen LogP contribution < -0.4 is 4.90 Å². The van der Waals surface area contributed by atoms with Crippen molar-refractivity contribution in [3.63, 3.8) is 0 Å². The molecular formula is C13H16N2O. The van der Waals surface area contributed by atoms with Gasteiger partial charge in [0.25, 0.3) is 0 Å². The van der Waals surface area contributed by atoms with Crippen LogP contribution in [0.5, 0.6) is 0 Å². The number of carbonyl (C=O) groups excluding carboxylic acids is 1. The van der Waals surface area contributed by atoms with Crippen LogP contribution in [0, 0.1) is 19.3 Å². The van der Waals surface area contributed by atoms with Crippen molar-refractivity contribution < 1.29 is 4.79 Å². The van der Waals surface area contributed by atoms with Crippen LogP contribution in [0.3, 0.4) is 0 Å². The van der Waals surface area contributed by atoms with Gasteiger partial charge in [-0.2, -0.15) is 0 Å². The molecule has 3 nitrogen and oxygen atoms in total. The number of carbonyl (C=O) groups is 1. The molecule has 0 fully saturated rings. The summed E-state index contributed by atoms with van der Waals surface area (Å²) < 4.78 is 0. The van der Waals surface area contributed by atoms with E-state index in [1.165, 1.54) is 4.90 Å². The number of aryl methyl sites for hydroxylation is 1. The van der Waals surface area contributed by atoms with Crippen molar-refractivity contribution >= 4 is 11.7 Å². The largest absolute Gasteiger partial charge is 0.330 e. The molecule has 0 N–H and O–H groups in total. The molecule has 1 aromatic carbocycles. The third kappa shape index (κ3) is 2.77. The van der Waals surface area contributed by atoms with Crippen molar-refractivity contribution in [2.75, 3.05) is 25.5 Å². The highest BCUT2D eigenvalue weighted by atomic mass is 16.2. The molecule has 0 saturated heterocycles. The summed E-state index contributed by atoms with van der Waals surface area (Å²) in [7, 11) is 3.42. The van der Waals surface area contributed by atoms with Gasteiger partial charge in [-0.1, -0.05) is 18.1 Å². The van der Waals surface area contributed by atoms with Crippen LogP contribution in [-0.4, -0.2) is 31.6 Å². The van der Waals surface area contributed by atoms with Crippen LogP contribution in [-0.2, 0) is 0 Å². The van der Waals surface area contributed by atoms with Gasteiger partial charge in [0.2, 0.25) is 0 Å². The van der Waals surface area contributed by atoms with Gasteiger partial charge in [-0.3, -0.25) is 4.90 Å². The molecule has 0 heterocycles. The van der Waals surface area contributed by atoms with E-state index in [4.69, 9.17) is 6.42 Å². The van der Waals surface area contributed by atoms with Gasteiger partial charge in [-0.25, -0.2) is 4.79 Å². The minimum Gasteiger partial charge on any atom is -0.330 e. The summed E-state index contributed by atoms with van der Waals surface area (Å²) >= 11 is 0. The van der Waals surface area contributed by atoms with Crippen LogP contribution in [0.15, 0.2) is 24.3 Å². The smallest absolute Gasteiger partial charge is 0.324 e. The predicted octanol–water partition coefficient (Wildman–Crippen LogP) is 2.12. The third-order valence-electron chi connectivity index (χ3n) is 2.18. The zero-order chi connectivity index (χ0) is 12.1. The van der Waals surface area contributed by atoms with E-state index >= 15 is 0 Å². The number of benzene rings is 1. The molecule has 0 radical (unpaired) electrons. The van der Waals surface area contributed by atoms with E-state index in [0.29, 0.717) is 0 Å². The molecule has 16 heavy (non-hydrogen) atoms. The SMILES string of the molecule is C#CCN(C(=O)N(C)C)c1cccc(C)c1. The first-order valence-electron chi connectivity index (χ1n) is 5.05. The van der Waals surface area contributed by atoms with E-state index in [9.17, 15) is 4.79 Å². The summed E-state index contributed by atoms with van der Waals surface area (Å²) in [6.07, 6.45) is 5.28. The van der Waals surface area contributed by atoms with E-state index in [0.717, 1.165) is 11.3 Å². The van der Waals surface area contributed by atoms with Crippen LogP contribution in [0.1, 0.15) is 5.56 Å². The van der Waals surface area contributed by atoms with Gasteiger partial charge < -0.3 is 4.90 Å². The highest BCUT2D eigenvalue weighted by Gasteiger charge is 2.16. The van der Waals surface area contributed by atoms with Crippen molar-refractivity contribution in [3.05, 3.63) is 29.8 Å². The zero-order valence-electron chi connectivity index (χ0n) is 9.90. The topological polar surface area (TPSA) is 23.6 Å². The molecule has 0 aliphatic rings. The molecule has 0 aliphatic carbocycles. The standard InChI is InChI=1S/C13H16N2O/c1-5-9-15(13(16)14(3)4)12-8-6-7-11(2)10-12/h1,6-8,10H,9H2,2-4H3. The maximum atomic E-state index is 11.9. The van der Waals surface area contributed by atoms with Gasteiger partial charge in [-0.05, 0) is 24.6 Å². The summed E-state index contributed by atoms with van der Waals surface area (Å²) in [6.45, 7) is 2.26. The number of nitrogens with zero attached hydrogens (tertiary/aromatic N) is 2. The molecule has 0 unspecified atom stereocenters. The maximum absolute atomic E-state index is 11.9. The van der Waals surface area contributed by atoms with E-state index in [-0.39, 0.29) is 12.6 Å². The Labute approximate surface area is 96.7 Å². The third-order valence-corrected chi connectivity index (χ3v) is 2.18. The van der Waals surface area contributed by atoms with Gasteiger partial charge >= 0.3 is 6.03 Å². The number of hydrogen-bond acceptors (Lipinski definition) is 1. The number of amides is 2. The molecule has 1 aromatic rings. The molecule has 84 valence electrons. The second kappa shape index (κ2) is 5.22. The number of urea groups is 1. The Morgan fingerprint density at radius 3 is 2.62 bits per heavy atom. The normalized spacial score (nSPS) is 9.38. The fourth-order valence-corrected chi connectivity index (χ4v) is 1.40. The average Bonchev–Trinajstić information content (AvgIpc) is 2.24. The van der Waals surface area contributed by atoms with Crippen LogP contribution in [0.4, 0.5) is 10.5 Å². The molecular weight excluding hydrogens is 200 g/mol. The molecule has 0 saturated carbocycles. The Morgan fingerprint density at radius 1 is 1.44 bits per heavy atom. The van der Waals surface area contributed by atoms with Gasteiger partial charge in [0.15, 0.2) is 0 Å². The lowest BCUT2D eigenvalue weighted by molar-refractivity contribution is 0.224. The van der Waals surface area contributed by atoms with Gasteiger partial charge in [0.1, 0.15) is 0 Å². The molecule has 0 spiro atoms. The summed E-state index contributed by atoms with van der Waals surface area (Å²) in [5.41, 5.74) is 1.93. The number of rotatable bonds is 2.